The van der Waals surface area contributed by atoms with Crippen LogP contribution in [0.1, 0.15) is 71.6 Å². The van der Waals surface area contributed by atoms with Gasteiger partial charge in [0.1, 0.15) is 0 Å². The maximum absolute atomic E-state index is 10.9. The number of carboxylic acid groups (broad SMARTS) is 1. The lowest BCUT2D eigenvalue weighted by Gasteiger charge is -2.49. The second-order valence-electron chi connectivity index (χ2n) is 7.11. The van der Waals surface area contributed by atoms with Crippen molar-refractivity contribution in [3.63, 3.8) is 0 Å². The van der Waals surface area contributed by atoms with Crippen molar-refractivity contribution in [2.75, 3.05) is 6.54 Å². The first kappa shape index (κ1) is 14.8. The van der Waals surface area contributed by atoms with E-state index in [0.717, 1.165) is 19.4 Å². The van der Waals surface area contributed by atoms with Crippen molar-refractivity contribution >= 4 is 5.97 Å². The zero-order valence-corrected chi connectivity index (χ0v) is 12.5. The molecule has 0 aromatic carbocycles. The zero-order chi connectivity index (χ0) is 13.9. The van der Waals surface area contributed by atoms with Gasteiger partial charge < -0.3 is 5.11 Å². The molecule has 0 amide bonds. The molecular formula is C16H29NO2. The van der Waals surface area contributed by atoms with Crippen molar-refractivity contribution in [2.24, 2.45) is 5.92 Å². The third-order valence-electron chi connectivity index (χ3n) is 5.13. The number of rotatable bonds is 3. The molecule has 1 atom stereocenters. The molecule has 1 aliphatic heterocycles. The van der Waals surface area contributed by atoms with E-state index in [-0.39, 0.29) is 5.54 Å². The second-order valence-corrected chi connectivity index (χ2v) is 7.11. The zero-order valence-electron chi connectivity index (χ0n) is 12.5. The first-order valence-electron chi connectivity index (χ1n) is 7.97. The maximum atomic E-state index is 10.9. The Hall–Kier alpha value is -0.570. The van der Waals surface area contributed by atoms with Gasteiger partial charge in [-0.1, -0.05) is 25.7 Å². The molecule has 2 aliphatic rings. The maximum Gasteiger partial charge on any atom is 0.303 e. The van der Waals surface area contributed by atoms with E-state index in [4.69, 9.17) is 5.11 Å². The molecule has 1 heterocycles. The summed E-state index contributed by atoms with van der Waals surface area (Å²) < 4.78 is 0. The topological polar surface area (TPSA) is 40.5 Å². The van der Waals surface area contributed by atoms with Crippen molar-refractivity contribution in [2.45, 2.75) is 83.2 Å². The van der Waals surface area contributed by atoms with Crippen molar-refractivity contribution < 1.29 is 9.90 Å². The minimum atomic E-state index is -0.634. The number of likely N-dealkylation sites (tertiary alicyclic amines) is 1. The Morgan fingerprint density at radius 3 is 2.37 bits per heavy atom. The van der Waals surface area contributed by atoms with Gasteiger partial charge in [-0.05, 0) is 45.4 Å². The fourth-order valence-electron chi connectivity index (χ4n) is 3.94. The smallest absolute Gasteiger partial charge is 0.303 e. The largest absolute Gasteiger partial charge is 0.481 e. The SMILES string of the molecule is CC1(C)CCC(CC(=O)O)CN1C1CCCCCC1. The lowest BCUT2D eigenvalue weighted by atomic mass is 9.81. The number of piperidine rings is 1. The van der Waals surface area contributed by atoms with Crippen LogP contribution in [0.25, 0.3) is 0 Å². The molecule has 1 unspecified atom stereocenters. The van der Waals surface area contributed by atoms with E-state index >= 15 is 0 Å². The molecule has 1 N–H and O–H groups in total. The summed E-state index contributed by atoms with van der Waals surface area (Å²) in [5.74, 6) is -0.278. The Morgan fingerprint density at radius 2 is 1.79 bits per heavy atom. The molecule has 2 rings (SSSR count). The minimum absolute atomic E-state index is 0.254. The summed E-state index contributed by atoms with van der Waals surface area (Å²) in [6.07, 6.45) is 10.6. The minimum Gasteiger partial charge on any atom is -0.481 e. The van der Waals surface area contributed by atoms with E-state index in [2.05, 4.69) is 18.7 Å². The number of carbonyl (C=O) groups is 1. The fraction of sp³-hybridized carbons (Fsp3) is 0.938. The van der Waals surface area contributed by atoms with Gasteiger partial charge in [-0.15, -0.1) is 0 Å². The fourth-order valence-corrected chi connectivity index (χ4v) is 3.94. The molecule has 1 saturated carbocycles. The molecule has 1 saturated heterocycles. The lowest BCUT2D eigenvalue weighted by molar-refractivity contribution is -0.139. The predicted molar refractivity (Wildman–Crippen MR) is 77.3 cm³/mol. The predicted octanol–water partition coefficient (Wildman–Crippen LogP) is 3.67. The Kier molecular flexibility index (Phi) is 4.88. The Bertz CT molecular complexity index is 306. The molecule has 19 heavy (non-hydrogen) atoms. The van der Waals surface area contributed by atoms with Gasteiger partial charge in [-0.2, -0.15) is 0 Å². The van der Waals surface area contributed by atoms with Gasteiger partial charge in [-0.3, -0.25) is 9.69 Å². The van der Waals surface area contributed by atoms with E-state index in [0.29, 0.717) is 18.4 Å². The summed E-state index contributed by atoms with van der Waals surface area (Å²) in [5, 5.41) is 9.02. The van der Waals surface area contributed by atoms with Crippen molar-refractivity contribution in [3.8, 4) is 0 Å². The van der Waals surface area contributed by atoms with Gasteiger partial charge in [-0.25, -0.2) is 0 Å². The van der Waals surface area contributed by atoms with Crippen LogP contribution in [0, 0.1) is 5.92 Å². The van der Waals surface area contributed by atoms with Crippen molar-refractivity contribution in [3.05, 3.63) is 0 Å². The van der Waals surface area contributed by atoms with Gasteiger partial charge >= 0.3 is 5.97 Å². The van der Waals surface area contributed by atoms with Gasteiger partial charge in [0.2, 0.25) is 0 Å². The van der Waals surface area contributed by atoms with Crippen LogP contribution in [-0.2, 0) is 4.79 Å². The van der Waals surface area contributed by atoms with Crippen molar-refractivity contribution in [1.82, 2.24) is 4.90 Å². The molecule has 0 radical (unpaired) electrons. The molecular weight excluding hydrogens is 238 g/mol. The number of carboxylic acids is 1. The van der Waals surface area contributed by atoms with Gasteiger partial charge in [0.25, 0.3) is 0 Å². The van der Waals surface area contributed by atoms with Crippen LogP contribution < -0.4 is 0 Å². The summed E-state index contributed by atoms with van der Waals surface area (Å²) in [4.78, 5) is 13.6. The van der Waals surface area contributed by atoms with Crippen molar-refractivity contribution in [1.29, 1.82) is 0 Å². The highest BCUT2D eigenvalue weighted by molar-refractivity contribution is 5.67. The molecule has 2 fully saturated rings. The van der Waals surface area contributed by atoms with Crippen LogP contribution in [0.5, 0.6) is 0 Å². The average Bonchev–Trinajstić information content (AvgIpc) is 2.59. The Morgan fingerprint density at radius 1 is 1.16 bits per heavy atom. The lowest BCUT2D eigenvalue weighted by Crippen LogP contribution is -2.55. The first-order valence-corrected chi connectivity index (χ1v) is 7.97. The Labute approximate surface area is 117 Å². The standard InChI is InChI=1S/C16H29NO2/c1-16(2)10-9-13(11-15(18)19)12-17(16)14-7-5-3-4-6-8-14/h13-14H,3-12H2,1-2H3,(H,18,19). The summed E-state index contributed by atoms with van der Waals surface area (Å²) in [7, 11) is 0. The molecule has 0 aromatic rings. The quantitative estimate of drug-likeness (QED) is 0.793. The average molecular weight is 267 g/mol. The van der Waals surface area contributed by atoms with Gasteiger partial charge in [0.15, 0.2) is 0 Å². The van der Waals surface area contributed by atoms with Crippen LogP contribution in [0.4, 0.5) is 0 Å². The van der Waals surface area contributed by atoms with E-state index < -0.39 is 5.97 Å². The third kappa shape index (κ3) is 3.95. The van der Waals surface area contributed by atoms with Crippen LogP contribution in [0.3, 0.4) is 0 Å². The first-order chi connectivity index (χ1) is 8.99. The number of nitrogens with zero attached hydrogens (tertiary/aromatic N) is 1. The highest BCUT2D eigenvalue weighted by Crippen LogP contribution is 2.36. The number of hydrogen-bond acceptors (Lipinski definition) is 2. The third-order valence-corrected chi connectivity index (χ3v) is 5.13. The van der Waals surface area contributed by atoms with Crippen LogP contribution in [0.15, 0.2) is 0 Å². The van der Waals surface area contributed by atoms with E-state index in [1.165, 1.54) is 38.5 Å². The summed E-state index contributed by atoms with van der Waals surface area (Å²) >= 11 is 0. The molecule has 1 aliphatic carbocycles. The van der Waals surface area contributed by atoms with E-state index in [1.54, 1.807) is 0 Å². The Balaban J connectivity index is 2.02. The molecule has 3 nitrogen and oxygen atoms in total. The molecule has 0 aromatic heterocycles. The van der Waals surface area contributed by atoms with E-state index in [9.17, 15) is 4.79 Å². The highest BCUT2D eigenvalue weighted by atomic mass is 16.4. The molecule has 0 spiro atoms. The van der Waals surface area contributed by atoms with Crippen LogP contribution in [-0.4, -0.2) is 34.1 Å². The second kappa shape index (κ2) is 6.25. The normalized spacial score (nSPS) is 29.9. The number of hydrogen-bond donors (Lipinski definition) is 1. The van der Waals surface area contributed by atoms with Gasteiger partial charge in [0, 0.05) is 24.5 Å². The molecule has 110 valence electrons. The summed E-state index contributed by atoms with van der Waals surface area (Å²) in [6.45, 7) is 5.67. The molecule has 3 heteroatoms. The van der Waals surface area contributed by atoms with E-state index in [1.807, 2.05) is 0 Å². The van der Waals surface area contributed by atoms with Crippen LogP contribution in [0.2, 0.25) is 0 Å². The van der Waals surface area contributed by atoms with Crippen LogP contribution >= 0.6 is 0 Å². The monoisotopic (exact) mass is 267 g/mol. The highest BCUT2D eigenvalue weighted by Gasteiger charge is 2.38. The molecule has 0 bridgehead atoms. The summed E-state index contributed by atoms with van der Waals surface area (Å²) in [6, 6.07) is 0.689. The summed E-state index contributed by atoms with van der Waals surface area (Å²) in [5.41, 5.74) is 0.254. The number of aliphatic carboxylic acids is 1. The van der Waals surface area contributed by atoms with Gasteiger partial charge in [0.05, 0.1) is 0 Å².